The average molecular weight is 746 g/mol. The lowest BCUT2D eigenvalue weighted by Gasteiger charge is -2.12. The first-order valence-electron chi connectivity index (χ1n) is 8.12. The Bertz CT molecular complexity index is 1020. The first kappa shape index (κ1) is 22.8. The van der Waals surface area contributed by atoms with Crippen molar-refractivity contribution < 1.29 is 19.1 Å². The summed E-state index contributed by atoms with van der Waals surface area (Å²) in [5.74, 6) is -0.293. The molecular formula is C19H13I3N2O4S. The van der Waals surface area contributed by atoms with Gasteiger partial charge in [-0.25, -0.2) is 0 Å². The second-order valence-electron chi connectivity index (χ2n) is 5.83. The number of rotatable bonds is 5. The Morgan fingerprint density at radius 3 is 2.48 bits per heavy atom. The van der Waals surface area contributed by atoms with E-state index < -0.39 is 17.1 Å². The van der Waals surface area contributed by atoms with Gasteiger partial charge in [-0.1, -0.05) is 0 Å². The summed E-state index contributed by atoms with van der Waals surface area (Å²) in [6.45, 7) is -0.338. The summed E-state index contributed by atoms with van der Waals surface area (Å²) in [5, 5.41) is 2.22. The lowest BCUT2D eigenvalue weighted by atomic mass is 10.2. The summed E-state index contributed by atoms with van der Waals surface area (Å²) in [6, 6.07) is 11.1. The van der Waals surface area contributed by atoms with E-state index in [1.165, 1.54) is 0 Å². The van der Waals surface area contributed by atoms with E-state index in [9.17, 15) is 14.4 Å². The van der Waals surface area contributed by atoms with Crippen LogP contribution in [0, 0.1) is 10.7 Å². The molecule has 10 heteroatoms. The predicted molar refractivity (Wildman–Crippen MR) is 139 cm³/mol. The Kier molecular flexibility index (Phi) is 7.83. The summed E-state index contributed by atoms with van der Waals surface area (Å²) in [4.78, 5) is 38.5. The number of halogens is 3. The SMILES string of the molecule is COc1c(I)cc(I)cc1/C=C1\SC(=O)N(CC(=O)Nc2ccc(I)cc2)C1=O. The zero-order valence-corrected chi connectivity index (χ0v) is 22.2. The highest BCUT2D eigenvalue weighted by atomic mass is 127. The number of imide groups is 1. The van der Waals surface area contributed by atoms with Crippen molar-refractivity contribution in [3.63, 3.8) is 0 Å². The zero-order valence-electron chi connectivity index (χ0n) is 14.9. The fourth-order valence-electron chi connectivity index (χ4n) is 2.56. The second kappa shape index (κ2) is 9.96. The van der Waals surface area contributed by atoms with Gasteiger partial charge in [-0.3, -0.25) is 19.3 Å². The molecular weight excluding hydrogens is 733 g/mol. The average Bonchev–Trinajstić information content (AvgIpc) is 2.91. The van der Waals surface area contributed by atoms with Crippen molar-refractivity contribution in [2.45, 2.75) is 0 Å². The third-order valence-electron chi connectivity index (χ3n) is 3.83. The van der Waals surface area contributed by atoms with E-state index in [4.69, 9.17) is 4.74 Å². The summed E-state index contributed by atoms with van der Waals surface area (Å²) in [7, 11) is 1.56. The number of carbonyl (C=O) groups is 3. The summed E-state index contributed by atoms with van der Waals surface area (Å²) in [5.41, 5.74) is 1.31. The van der Waals surface area contributed by atoms with Gasteiger partial charge in [0.1, 0.15) is 12.3 Å². The van der Waals surface area contributed by atoms with Crippen LogP contribution in [0.2, 0.25) is 0 Å². The molecule has 3 amide bonds. The van der Waals surface area contributed by atoms with E-state index in [0.29, 0.717) is 17.0 Å². The van der Waals surface area contributed by atoms with Gasteiger partial charge in [-0.2, -0.15) is 0 Å². The van der Waals surface area contributed by atoms with E-state index in [2.05, 4.69) is 73.1 Å². The van der Waals surface area contributed by atoms with E-state index in [-0.39, 0.29) is 11.4 Å². The minimum atomic E-state index is -0.492. The Hall–Kier alpha value is -0.870. The molecule has 1 aliphatic heterocycles. The molecule has 2 aromatic rings. The Morgan fingerprint density at radius 2 is 1.83 bits per heavy atom. The molecule has 1 aliphatic rings. The van der Waals surface area contributed by atoms with Gasteiger partial charge in [0.15, 0.2) is 0 Å². The molecule has 0 radical (unpaired) electrons. The molecule has 1 fully saturated rings. The highest BCUT2D eigenvalue weighted by Gasteiger charge is 2.36. The normalized spacial score (nSPS) is 15.2. The van der Waals surface area contributed by atoms with Crippen molar-refractivity contribution in [1.29, 1.82) is 0 Å². The van der Waals surface area contributed by atoms with E-state index >= 15 is 0 Å². The van der Waals surface area contributed by atoms with Crippen molar-refractivity contribution in [2.75, 3.05) is 19.0 Å². The minimum Gasteiger partial charge on any atom is -0.495 e. The van der Waals surface area contributed by atoms with Crippen LogP contribution in [0.25, 0.3) is 6.08 Å². The number of ether oxygens (including phenoxy) is 1. The fraction of sp³-hybridized carbons (Fsp3) is 0.105. The Labute approximate surface area is 212 Å². The number of hydrogen-bond donors (Lipinski definition) is 1. The highest BCUT2D eigenvalue weighted by molar-refractivity contribution is 14.1. The molecule has 3 rings (SSSR count). The molecule has 0 unspecified atom stereocenters. The van der Waals surface area contributed by atoms with Gasteiger partial charge in [0.2, 0.25) is 5.91 Å². The Balaban J connectivity index is 1.77. The fourth-order valence-corrected chi connectivity index (χ4v) is 5.86. The molecule has 6 nitrogen and oxygen atoms in total. The zero-order chi connectivity index (χ0) is 21.1. The summed E-state index contributed by atoms with van der Waals surface area (Å²) >= 11 is 7.32. The summed E-state index contributed by atoms with van der Waals surface area (Å²) < 4.78 is 8.35. The number of anilines is 1. The van der Waals surface area contributed by atoms with Gasteiger partial charge in [-0.15, -0.1) is 0 Å². The first-order valence-corrected chi connectivity index (χ1v) is 12.2. The number of hydrogen-bond acceptors (Lipinski definition) is 5. The minimum absolute atomic E-state index is 0.258. The third kappa shape index (κ3) is 5.64. The largest absolute Gasteiger partial charge is 0.495 e. The van der Waals surface area contributed by atoms with Gasteiger partial charge >= 0.3 is 0 Å². The number of thioether (sulfide) groups is 1. The smallest absolute Gasteiger partial charge is 0.294 e. The molecule has 2 aromatic carbocycles. The molecule has 0 atom stereocenters. The molecule has 0 spiro atoms. The number of methoxy groups -OCH3 is 1. The van der Waals surface area contributed by atoms with Crippen LogP contribution >= 0.6 is 79.5 Å². The maximum atomic E-state index is 12.7. The van der Waals surface area contributed by atoms with Crippen LogP contribution in [0.3, 0.4) is 0 Å². The molecule has 150 valence electrons. The molecule has 0 saturated carbocycles. The molecule has 1 N–H and O–H groups in total. The van der Waals surface area contributed by atoms with Gasteiger partial charge in [-0.05, 0) is 122 Å². The van der Waals surface area contributed by atoms with Crippen LogP contribution < -0.4 is 10.1 Å². The number of amides is 3. The van der Waals surface area contributed by atoms with Crippen LogP contribution in [0.5, 0.6) is 5.75 Å². The lowest BCUT2D eigenvalue weighted by Crippen LogP contribution is -2.36. The topological polar surface area (TPSA) is 75.7 Å². The monoisotopic (exact) mass is 746 g/mol. The maximum absolute atomic E-state index is 12.7. The van der Waals surface area contributed by atoms with Crippen molar-refractivity contribution >= 4 is 108 Å². The van der Waals surface area contributed by atoms with Crippen LogP contribution in [0.1, 0.15) is 5.56 Å². The van der Waals surface area contributed by atoms with Crippen molar-refractivity contribution in [3.8, 4) is 5.75 Å². The Morgan fingerprint density at radius 1 is 1.14 bits per heavy atom. The van der Waals surface area contributed by atoms with Crippen LogP contribution in [-0.4, -0.2) is 35.6 Å². The predicted octanol–water partition coefficient (Wildman–Crippen LogP) is 5.18. The van der Waals surface area contributed by atoms with Crippen molar-refractivity contribution in [1.82, 2.24) is 4.90 Å². The summed E-state index contributed by atoms with van der Waals surface area (Å²) in [6.07, 6.45) is 1.63. The van der Waals surface area contributed by atoms with Crippen LogP contribution in [0.15, 0.2) is 41.3 Å². The first-order chi connectivity index (χ1) is 13.8. The third-order valence-corrected chi connectivity index (χ3v) is 6.88. The number of carbonyl (C=O) groups excluding carboxylic acids is 3. The van der Waals surface area contributed by atoms with E-state index in [0.717, 1.165) is 27.4 Å². The van der Waals surface area contributed by atoms with Crippen molar-refractivity contribution in [3.05, 3.63) is 57.6 Å². The lowest BCUT2D eigenvalue weighted by molar-refractivity contribution is -0.127. The van der Waals surface area contributed by atoms with Crippen LogP contribution in [0.4, 0.5) is 10.5 Å². The molecule has 1 heterocycles. The van der Waals surface area contributed by atoms with Crippen molar-refractivity contribution in [2.24, 2.45) is 0 Å². The quantitative estimate of drug-likeness (QED) is 0.338. The van der Waals surface area contributed by atoms with Gasteiger partial charge in [0.05, 0.1) is 15.6 Å². The van der Waals surface area contributed by atoms with E-state index in [1.54, 1.807) is 25.3 Å². The maximum Gasteiger partial charge on any atom is 0.294 e. The molecule has 0 aliphatic carbocycles. The number of nitrogens with one attached hydrogen (secondary N) is 1. The molecule has 0 bridgehead atoms. The second-order valence-corrected chi connectivity index (χ2v) is 10.5. The molecule has 29 heavy (non-hydrogen) atoms. The standard InChI is InChI=1S/C19H13I3N2O4S/c1-28-17-10(6-12(21)8-14(17)22)7-15-18(26)24(19(27)29-15)9-16(25)23-13-4-2-11(20)3-5-13/h2-8H,9H2,1H3,(H,23,25)/b15-7-. The van der Waals surface area contributed by atoms with E-state index in [1.807, 2.05) is 24.3 Å². The molecule has 1 saturated heterocycles. The highest BCUT2D eigenvalue weighted by Crippen LogP contribution is 2.36. The molecule has 0 aromatic heterocycles. The van der Waals surface area contributed by atoms with Crippen LogP contribution in [-0.2, 0) is 9.59 Å². The number of benzene rings is 2. The van der Waals surface area contributed by atoms with Gasteiger partial charge in [0.25, 0.3) is 11.1 Å². The number of nitrogens with zero attached hydrogens (tertiary/aromatic N) is 1. The van der Waals surface area contributed by atoms with Gasteiger partial charge < -0.3 is 10.1 Å². The van der Waals surface area contributed by atoms with Gasteiger partial charge in [0, 0.05) is 18.4 Å².